The maximum Gasteiger partial charge on any atom is 0.221 e. The molecule has 2 amide bonds. The summed E-state index contributed by atoms with van der Waals surface area (Å²) < 4.78 is 0. The molecule has 37 heavy (non-hydrogen) atoms. The van der Waals surface area contributed by atoms with Crippen molar-refractivity contribution >= 4 is 48.6 Å². The van der Waals surface area contributed by atoms with Crippen molar-refractivity contribution in [3.8, 4) is 0 Å². The van der Waals surface area contributed by atoms with Crippen LogP contribution in [0.5, 0.6) is 0 Å². The van der Waals surface area contributed by atoms with Gasteiger partial charge in [-0.3, -0.25) is 19.2 Å². The molecular formula is C27H50N2O6S2. The Balaban J connectivity index is 5.60. The van der Waals surface area contributed by atoms with Crippen molar-refractivity contribution in [3.63, 3.8) is 0 Å². The third-order valence-corrected chi connectivity index (χ3v) is 6.74. The van der Waals surface area contributed by atoms with E-state index < -0.39 is 5.66 Å². The van der Waals surface area contributed by atoms with Crippen LogP contribution in [-0.4, -0.2) is 64.0 Å². The van der Waals surface area contributed by atoms with E-state index >= 15 is 0 Å². The normalized spacial score (nSPS) is 11.4. The molecule has 0 aromatic rings. The van der Waals surface area contributed by atoms with Crippen LogP contribution in [0.2, 0.25) is 0 Å². The van der Waals surface area contributed by atoms with Gasteiger partial charge >= 0.3 is 0 Å². The number of carbonyl (C=O) groups is 4. The Kier molecular flexibility index (Phi) is 23.3. The van der Waals surface area contributed by atoms with Gasteiger partial charge < -0.3 is 20.8 Å². The van der Waals surface area contributed by atoms with Gasteiger partial charge in [0, 0.05) is 51.7 Å². The SMILES string of the molecule is O=C(CCCCCO)CC(CC(=O)CCCCCO)(NC(=O)CCCCCS)NC(=O)CCCCCS. The molecule has 4 N–H and O–H groups in total. The van der Waals surface area contributed by atoms with Gasteiger partial charge in [0.15, 0.2) is 0 Å². The van der Waals surface area contributed by atoms with Crippen LogP contribution >= 0.6 is 25.3 Å². The molecule has 0 saturated carbocycles. The fourth-order valence-corrected chi connectivity index (χ4v) is 4.60. The second kappa shape index (κ2) is 24.0. The molecule has 0 radical (unpaired) electrons. The molecule has 0 aliphatic carbocycles. The minimum Gasteiger partial charge on any atom is -0.396 e. The molecule has 0 saturated heterocycles. The average molecular weight is 563 g/mol. The lowest BCUT2D eigenvalue weighted by Gasteiger charge is -2.35. The number of aliphatic hydroxyl groups is 2. The topological polar surface area (TPSA) is 133 Å². The van der Waals surface area contributed by atoms with E-state index in [0.717, 1.165) is 37.2 Å². The van der Waals surface area contributed by atoms with Crippen molar-refractivity contribution in [1.29, 1.82) is 0 Å². The van der Waals surface area contributed by atoms with Gasteiger partial charge in [-0.2, -0.15) is 25.3 Å². The second-order valence-corrected chi connectivity index (χ2v) is 10.6. The smallest absolute Gasteiger partial charge is 0.221 e. The van der Waals surface area contributed by atoms with Gasteiger partial charge in [-0.1, -0.05) is 25.7 Å². The third kappa shape index (κ3) is 20.5. The number of unbranched alkanes of at least 4 members (excludes halogenated alkanes) is 8. The Morgan fingerprint density at radius 3 is 1.22 bits per heavy atom. The molecule has 0 heterocycles. The molecule has 0 rings (SSSR count). The lowest BCUT2D eigenvalue weighted by Crippen LogP contribution is -2.62. The first-order valence-electron chi connectivity index (χ1n) is 13.9. The lowest BCUT2D eigenvalue weighted by molar-refractivity contribution is -0.131. The minimum absolute atomic E-state index is 0.0649. The highest BCUT2D eigenvalue weighted by atomic mass is 32.1. The predicted molar refractivity (Wildman–Crippen MR) is 154 cm³/mol. The number of rotatable bonds is 26. The summed E-state index contributed by atoms with van der Waals surface area (Å²) in [7, 11) is 0. The minimum atomic E-state index is -1.45. The highest BCUT2D eigenvalue weighted by Gasteiger charge is 2.37. The van der Waals surface area contributed by atoms with Crippen molar-refractivity contribution in [2.24, 2.45) is 0 Å². The van der Waals surface area contributed by atoms with Crippen LogP contribution in [-0.2, 0) is 19.2 Å². The zero-order chi connectivity index (χ0) is 27.8. The standard InChI is InChI=1S/C27H50N2O6S2/c30-17-9-1-5-13-23(32)21-27(22-24(33)14-6-2-10-18-31,28-25(34)15-7-3-11-19-36)29-26(35)16-8-4-12-20-37/h30-31,36-37H,1-22H2,(H,28,34)(H,29,35). The number of hydrogen-bond acceptors (Lipinski definition) is 8. The van der Waals surface area contributed by atoms with Crippen molar-refractivity contribution in [3.05, 3.63) is 0 Å². The molecule has 0 aliphatic rings. The zero-order valence-electron chi connectivity index (χ0n) is 22.5. The highest BCUT2D eigenvalue weighted by Crippen LogP contribution is 2.20. The summed E-state index contributed by atoms with van der Waals surface area (Å²) in [5.74, 6) is 0.606. The molecule has 0 bridgehead atoms. The molecular weight excluding hydrogens is 512 g/mol. The first kappa shape index (κ1) is 35.9. The number of thiol groups is 2. The molecule has 0 unspecified atom stereocenters. The van der Waals surface area contributed by atoms with Crippen molar-refractivity contribution < 1.29 is 29.4 Å². The predicted octanol–water partition coefficient (Wildman–Crippen LogP) is 3.92. The number of carbonyl (C=O) groups excluding carboxylic acids is 4. The first-order chi connectivity index (χ1) is 17.8. The van der Waals surface area contributed by atoms with Crippen LogP contribution in [0.4, 0.5) is 0 Å². The fraction of sp³-hybridized carbons (Fsp3) is 0.852. The van der Waals surface area contributed by atoms with Crippen molar-refractivity contribution in [2.75, 3.05) is 24.7 Å². The molecule has 0 atom stereocenters. The average Bonchev–Trinajstić information content (AvgIpc) is 2.85. The second-order valence-electron chi connectivity index (χ2n) is 9.75. The van der Waals surface area contributed by atoms with Gasteiger partial charge in [0.2, 0.25) is 11.8 Å². The summed E-state index contributed by atoms with van der Waals surface area (Å²) in [4.78, 5) is 51.7. The van der Waals surface area contributed by atoms with E-state index in [-0.39, 0.29) is 75.1 Å². The van der Waals surface area contributed by atoms with E-state index in [9.17, 15) is 19.2 Å². The van der Waals surface area contributed by atoms with Crippen molar-refractivity contribution in [2.45, 2.75) is 121 Å². The van der Waals surface area contributed by atoms with E-state index in [1.54, 1.807) is 0 Å². The Bertz CT molecular complexity index is 539. The van der Waals surface area contributed by atoms with Gasteiger partial charge in [0.25, 0.3) is 0 Å². The Morgan fingerprint density at radius 1 is 0.514 bits per heavy atom. The quantitative estimate of drug-likeness (QED) is 0.0538. The van der Waals surface area contributed by atoms with Crippen molar-refractivity contribution in [1.82, 2.24) is 10.6 Å². The Hall–Kier alpha value is -1.10. The number of aliphatic hydroxyl groups excluding tert-OH is 2. The van der Waals surface area contributed by atoms with Gasteiger partial charge in [-0.15, -0.1) is 0 Å². The maximum atomic E-state index is 12.9. The molecule has 0 aromatic heterocycles. The molecule has 0 aliphatic heterocycles. The molecule has 216 valence electrons. The van der Waals surface area contributed by atoms with Crippen LogP contribution in [0.1, 0.15) is 116 Å². The van der Waals surface area contributed by atoms with E-state index in [4.69, 9.17) is 10.2 Å². The van der Waals surface area contributed by atoms with E-state index in [1.807, 2.05) is 0 Å². The number of ketones is 2. The van der Waals surface area contributed by atoms with E-state index in [1.165, 1.54) is 0 Å². The van der Waals surface area contributed by atoms with E-state index in [0.29, 0.717) is 51.4 Å². The molecule has 0 spiro atoms. The lowest BCUT2D eigenvalue weighted by atomic mass is 9.91. The molecule has 8 nitrogen and oxygen atoms in total. The molecule has 0 fully saturated rings. The maximum absolute atomic E-state index is 12.9. The van der Waals surface area contributed by atoms with Crippen LogP contribution < -0.4 is 10.6 Å². The number of Topliss-reactive ketones (excluding diaryl/α,β-unsaturated/α-hetero) is 2. The first-order valence-corrected chi connectivity index (χ1v) is 15.2. The number of amides is 2. The summed E-state index contributed by atoms with van der Waals surface area (Å²) in [6, 6.07) is 0. The highest BCUT2D eigenvalue weighted by molar-refractivity contribution is 7.80. The molecule has 0 aromatic carbocycles. The Morgan fingerprint density at radius 2 is 0.865 bits per heavy atom. The summed E-state index contributed by atoms with van der Waals surface area (Å²) in [6.07, 6.45) is 9.27. The van der Waals surface area contributed by atoms with Gasteiger partial charge in [0.1, 0.15) is 17.2 Å². The third-order valence-electron chi connectivity index (χ3n) is 6.11. The summed E-state index contributed by atoms with van der Waals surface area (Å²) >= 11 is 8.39. The van der Waals surface area contributed by atoms with E-state index in [2.05, 4.69) is 35.9 Å². The van der Waals surface area contributed by atoms with Crippen LogP contribution in [0.3, 0.4) is 0 Å². The van der Waals surface area contributed by atoms with Gasteiger partial charge in [-0.25, -0.2) is 0 Å². The largest absolute Gasteiger partial charge is 0.396 e. The monoisotopic (exact) mass is 562 g/mol. The molecule has 10 heteroatoms. The van der Waals surface area contributed by atoms with Gasteiger partial charge in [0.05, 0.1) is 0 Å². The van der Waals surface area contributed by atoms with Crippen LogP contribution in [0.15, 0.2) is 0 Å². The number of nitrogens with one attached hydrogen (secondary N) is 2. The number of hydrogen-bond donors (Lipinski definition) is 6. The fourth-order valence-electron chi connectivity index (χ4n) is 4.15. The van der Waals surface area contributed by atoms with Crippen LogP contribution in [0.25, 0.3) is 0 Å². The summed E-state index contributed by atoms with van der Waals surface area (Å²) in [5.41, 5.74) is -1.45. The summed E-state index contributed by atoms with van der Waals surface area (Å²) in [6.45, 7) is 0.130. The zero-order valence-corrected chi connectivity index (χ0v) is 24.3. The van der Waals surface area contributed by atoms with Crippen LogP contribution in [0, 0.1) is 0 Å². The van der Waals surface area contributed by atoms with Gasteiger partial charge in [-0.05, 0) is 62.9 Å². The summed E-state index contributed by atoms with van der Waals surface area (Å²) in [5, 5.41) is 23.7. The Labute approximate surface area is 234 Å².